The average molecular weight is 335 g/mol. The summed E-state index contributed by atoms with van der Waals surface area (Å²) in [6.07, 6.45) is 6.68. The zero-order valence-corrected chi connectivity index (χ0v) is 15.4. The summed E-state index contributed by atoms with van der Waals surface area (Å²) in [4.78, 5) is 20.0. The second-order valence-corrected chi connectivity index (χ2v) is 9.04. The number of piperazine rings is 1. The molecule has 4 bridgehead atoms. The van der Waals surface area contributed by atoms with Gasteiger partial charge < -0.3 is 15.1 Å². The fraction of sp³-hybridized carbons (Fsp3) is 0.947. The normalized spacial score (nSPS) is 38.2. The number of amides is 2. The van der Waals surface area contributed by atoms with Gasteiger partial charge in [0.2, 0.25) is 0 Å². The number of nitrogens with zero attached hydrogens (tertiary/aromatic N) is 3. The van der Waals surface area contributed by atoms with Gasteiger partial charge in [0.15, 0.2) is 0 Å². The van der Waals surface area contributed by atoms with Gasteiger partial charge in [-0.25, -0.2) is 4.79 Å². The molecule has 5 heteroatoms. The monoisotopic (exact) mass is 334 g/mol. The van der Waals surface area contributed by atoms with Crippen molar-refractivity contribution in [3.8, 4) is 0 Å². The van der Waals surface area contributed by atoms with Crippen LogP contribution in [0.25, 0.3) is 0 Å². The van der Waals surface area contributed by atoms with Crippen LogP contribution >= 0.6 is 0 Å². The van der Waals surface area contributed by atoms with Crippen molar-refractivity contribution >= 4 is 6.03 Å². The van der Waals surface area contributed by atoms with E-state index >= 15 is 0 Å². The van der Waals surface area contributed by atoms with Gasteiger partial charge in [-0.15, -0.1) is 0 Å². The second-order valence-electron chi connectivity index (χ2n) is 9.04. The van der Waals surface area contributed by atoms with Gasteiger partial charge in [0.25, 0.3) is 0 Å². The largest absolute Gasteiger partial charge is 0.334 e. The fourth-order valence-corrected chi connectivity index (χ4v) is 5.79. The van der Waals surface area contributed by atoms with E-state index in [1.54, 1.807) is 0 Å². The molecule has 0 aromatic carbocycles. The average Bonchev–Trinajstić information content (AvgIpc) is 2.73. The van der Waals surface area contributed by atoms with Crippen LogP contribution < -0.4 is 5.32 Å². The summed E-state index contributed by atoms with van der Waals surface area (Å²) in [5, 5.41) is 3.31. The number of rotatable bonds is 3. The molecule has 2 amide bonds. The van der Waals surface area contributed by atoms with E-state index in [1.165, 1.54) is 32.1 Å². The first-order valence-corrected chi connectivity index (χ1v) is 10.0. The maximum absolute atomic E-state index is 12.9. The van der Waals surface area contributed by atoms with Crippen molar-refractivity contribution < 1.29 is 4.79 Å². The van der Waals surface area contributed by atoms with E-state index in [-0.39, 0.29) is 12.1 Å². The summed E-state index contributed by atoms with van der Waals surface area (Å²) < 4.78 is 0. The van der Waals surface area contributed by atoms with Crippen LogP contribution in [0.4, 0.5) is 4.79 Å². The molecule has 5 aliphatic rings. The van der Waals surface area contributed by atoms with Crippen molar-refractivity contribution in [1.29, 1.82) is 0 Å². The molecule has 2 saturated carbocycles. The molecule has 136 valence electrons. The van der Waals surface area contributed by atoms with Gasteiger partial charge in [0.05, 0.1) is 0 Å². The number of hydrogen-bond donors (Lipinski definition) is 1. The minimum Gasteiger partial charge on any atom is -0.334 e. The minimum atomic E-state index is 0.204. The third-order valence-corrected chi connectivity index (χ3v) is 6.87. The molecular formula is C19H34N4O. The Morgan fingerprint density at radius 1 is 1.00 bits per heavy atom. The van der Waals surface area contributed by atoms with Crippen LogP contribution in [0, 0.1) is 17.8 Å². The molecule has 5 fully saturated rings. The third-order valence-electron chi connectivity index (χ3n) is 6.87. The summed E-state index contributed by atoms with van der Waals surface area (Å²) in [7, 11) is 2.18. The number of urea groups is 1. The van der Waals surface area contributed by atoms with Crippen LogP contribution in [0.3, 0.4) is 0 Å². The number of fused-ring (bicyclic) bond motifs is 1. The molecule has 0 aromatic heterocycles. The molecule has 3 atom stereocenters. The van der Waals surface area contributed by atoms with Crippen molar-refractivity contribution in [3.63, 3.8) is 0 Å². The first kappa shape index (κ1) is 16.6. The lowest BCUT2D eigenvalue weighted by molar-refractivity contribution is 0.125. The minimum absolute atomic E-state index is 0.204. The maximum Gasteiger partial charge on any atom is 0.317 e. The number of nitrogens with one attached hydrogen (secondary N) is 1. The Hall–Kier alpha value is -0.810. The van der Waals surface area contributed by atoms with E-state index < -0.39 is 0 Å². The van der Waals surface area contributed by atoms with Gasteiger partial charge in [-0.1, -0.05) is 0 Å². The molecule has 5 nitrogen and oxygen atoms in total. The molecule has 0 radical (unpaired) electrons. The highest BCUT2D eigenvalue weighted by Gasteiger charge is 2.44. The summed E-state index contributed by atoms with van der Waals surface area (Å²) in [6.45, 7) is 8.66. The molecule has 5 rings (SSSR count). The highest BCUT2D eigenvalue weighted by atomic mass is 16.2. The predicted octanol–water partition coefficient (Wildman–Crippen LogP) is 1.84. The smallest absolute Gasteiger partial charge is 0.317 e. The molecule has 0 spiro atoms. The van der Waals surface area contributed by atoms with Gasteiger partial charge in [-0.2, -0.15) is 0 Å². The van der Waals surface area contributed by atoms with Crippen molar-refractivity contribution in [1.82, 2.24) is 20.0 Å². The van der Waals surface area contributed by atoms with E-state index in [0.717, 1.165) is 57.0 Å². The quantitative estimate of drug-likeness (QED) is 0.856. The summed E-state index contributed by atoms with van der Waals surface area (Å²) >= 11 is 0. The molecule has 3 saturated heterocycles. The first-order valence-electron chi connectivity index (χ1n) is 10.0. The molecule has 3 unspecified atom stereocenters. The number of carbonyl (C=O) groups excluding carboxylic acids is 1. The molecule has 1 N–H and O–H groups in total. The molecule has 24 heavy (non-hydrogen) atoms. The topological polar surface area (TPSA) is 38.8 Å². The highest BCUT2D eigenvalue weighted by Crippen LogP contribution is 2.47. The molecule has 3 aliphatic heterocycles. The van der Waals surface area contributed by atoms with Crippen LogP contribution in [0.15, 0.2) is 0 Å². The van der Waals surface area contributed by atoms with Crippen molar-refractivity contribution in [2.75, 3.05) is 46.3 Å². The SMILES string of the molecule is CC(CN1CCN(C)CC1)NC(=O)N1CC2CC3CC(C2)CC1C3. The van der Waals surface area contributed by atoms with E-state index in [2.05, 4.69) is 34.0 Å². The van der Waals surface area contributed by atoms with Gasteiger partial charge in [0.1, 0.15) is 0 Å². The lowest BCUT2D eigenvalue weighted by Gasteiger charge is -2.39. The van der Waals surface area contributed by atoms with Gasteiger partial charge >= 0.3 is 6.03 Å². The fourth-order valence-electron chi connectivity index (χ4n) is 5.79. The Labute approximate surface area is 146 Å². The van der Waals surface area contributed by atoms with Crippen LogP contribution in [-0.4, -0.2) is 79.1 Å². The number of carbonyl (C=O) groups is 1. The predicted molar refractivity (Wildman–Crippen MR) is 96.0 cm³/mol. The number of hydrogen-bond acceptors (Lipinski definition) is 3. The zero-order chi connectivity index (χ0) is 16.7. The third kappa shape index (κ3) is 3.57. The van der Waals surface area contributed by atoms with Crippen LogP contribution in [0.1, 0.15) is 39.0 Å². The van der Waals surface area contributed by atoms with Gasteiger partial charge in [-0.3, -0.25) is 4.90 Å². The Balaban J connectivity index is 1.31. The number of likely N-dealkylation sites (N-methyl/N-ethyl adjacent to an activating group) is 1. The van der Waals surface area contributed by atoms with Gasteiger partial charge in [0, 0.05) is 51.4 Å². The molecule has 3 heterocycles. The maximum atomic E-state index is 12.9. The second kappa shape index (κ2) is 6.83. The van der Waals surface area contributed by atoms with E-state index in [1.807, 2.05) is 0 Å². The van der Waals surface area contributed by atoms with E-state index in [0.29, 0.717) is 6.04 Å². The molecular weight excluding hydrogens is 300 g/mol. The van der Waals surface area contributed by atoms with E-state index in [4.69, 9.17) is 0 Å². The zero-order valence-electron chi connectivity index (χ0n) is 15.4. The lowest BCUT2D eigenvalue weighted by atomic mass is 9.68. The van der Waals surface area contributed by atoms with Crippen molar-refractivity contribution in [3.05, 3.63) is 0 Å². The first-order chi connectivity index (χ1) is 11.6. The van der Waals surface area contributed by atoms with Crippen molar-refractivity contribution in [2.24, 2.45) is 17.8 Å². The summed E-state index contributed by atoms with van der Waals surface area (Å²) in [6, 6.07) is 0.950. The van der Waals surface area contributed by atoms with Crippen LogP contribution in [0.2, 0.25) is 0 Å². The van der Waals surface area contributed by atoms with Gasteiger partial charge in [-0.05, 0) is 63.8 Å². The van der Waals surface area contributed by atoms with Crippen LogP contribution in [-0.2, 0) is 0 Å². The Morgan fingerprint density at radius 3 is 2.29 bits per heavy atom. The molecule has 2 aliphatic carbocycles. The van der Waals surface area contributed by atoms with E-state index in [9.17, 15) is 4.79 Å². The Morgan fingerprint density at radius 2 is 1.62 bits per heavy atom. The lowest BCUT2D eigenvalue weighted by Crippen LogP contribution is -2.53. The van der Waals surface area contributed by atoms with Crippen LogP contribution in [0.5, 0.6) is 0 Å². The summed E-state index contributed by atoms with van der Waals surface area (Å²) in [5.74, 6) is 2.56. The standard InChI is InChI=1S/C19H34N4O/c1-14(12-22-5-3-21(2)4-6-22)20-19(24)23-13-17-8-15-7-16(9-17)11-18(23)10-15/h14-18H,3-13H2,1-2H3,(H,20,24). The van der Waals surface area contributed by atoms with Crippen molar-refractivity contribution in [2.45, 2.75) is 51.1 Å². The molecule has 0 aromatic rings. The summed E-state index contributed by atoms with van der Waals surface area (Å²) in [5.41, 5.74) is 0. The Bertz CT molecular complexity index is 448. The Kier molecular flexibility index (Phi) is 4.74. The highest BCUT2D eigenvalue weighted by molar-refractivity contribution is 5.75.